The Bertz CT molecular complexity index is 256. The van der Waals surface area contributed by atoms with Gasteiger partial charge in [0.2, 0.25) is 5.88 Å². The van der Waals surface area contributed by atoms with E-state index in [1.54, 1.807) is 25.6 Å². The van der Waals surface area contributed by atoms with E-state index in [1.165, 1.54) is 7.11 Å². The van der Waals surface area contributed by atoms with Gasteiger partial charge in [-0.15, -0.1) is 0 Å². The summed E-state index contributed by atoms with van der Waals surface area (Å²) in [4.78, 5) is 8.49. The molecule has 1 aromatic rings. The van der Waals surface area contributed by atoms with Gasteiger partial charge in [-0.3, -0.25) is 0 Å². The van der Waals surface area contributed by atoms with Gasteiger partial charge in [-0.25, -0.2) is 4.98 Å². The molecule has 0 amide bonds. The summed E-state index contributed by atoms with van der Waals surface area (Å²) in [5, 5.41) is 3.59. The number of ether oxygens (including phenoxy) is 1. The number of hydrogen-bond acceptors (Lipinski definition) is 4. The maximum atomic E-state index is 4.89. The number of aromatic nitrogens is 1. The van der Waals surface area contributed by atoms with Gasteiger partial charge in [-0.05, 0) is 6.07 Å². The van der Waals surface area contributed by atoms with E-state index in [9.17, 15) is 0 Å². The zero-order chi connectivity index (χ0) is 8.81. The van der Waals surface area contributed by atoms with Gasteiger partial charge >= 0.3 is 0 Å². The van der Waals surface area contributed by atoms with Crippen LogP contribution >= 0.6 is 0 Å². The molecule has 0 saturated carbocycles. The van der Waals surface area contributed by atoms with Crippen LogP contribution in [0.25, 0.3) is 0 Å². The first-order valence-corrected chi connectivity index (χ1v) is 3.43. The van der Waals surface area contributed by atoms with Gasteiger partial charge in [0, 0.05) is 17.8 Å². The van der Waals surface area contributed by atoms with Gasteiger partial charge in [0.1, 0.15) is 7.11 Å². The Hall–Kier alpha value is -1.58. The lowest BCUT2D eigenvalue weighted by Crippen LogP contribution is -1.88. The number of rotatable bonds is 3. The van der Waals surface area contributed by atoms with Gasteiger partial charge in [0.15, 0.2) is 0 Å². The molecule has 4 heteroatoms. The molecule has 0 aliphatic carbocycles. The Morgan fingerprint density at radius 2 is 2.25 bits per heavy atom. The molecule has 0 aliphatic heterocycles. The van der Waals surface area contributed by atoms with Crippen molar-refractivity contribution < 1.29 is 9.57 Å². The van der Waals surface area contributed by atoms with Crippen LogP contribution in [0, 0.1) is 0 Å². The molecule has 0 atom stereocenters. The minimum absolute atomic E-state index is 0.588. The van der Waals surface area contributed by atoms with E-state index in [4.69, 9.17) is 4.74 Å². The highest BCUT2D eigenvalue weighted by Gasteiger charge is 1.91. The van der Waals surface area contributed by atoms with Crippen molar-refractivity contribution in [1.82, 2.24) is 4.98 Å². The van der Waals surface area contributed by atoms with E-state index in [2.05, 4.69) is 15.0 Å². The average Bonchev–Trinajstić information content (AvgIpc) is 2.15. The molecule has 4 nitrogen and oxygen atoms in total. The zero-order valence-corrected chi connectivity index (χ0v) is 7.02. The third-order valence-corrected chi connectivity index (χ3v) is 1.28. The fraction of sp³-hybridized carbons (Fsp3) is 0.250. The smallest absolute Gasteiger partial charge is 0.212 e. The first kappa shape index (κ1) is 8.52. The molecule has 12 heavy (non-hydrogen) atoms. The molecule has 0 fully saturated rings. The quantitative estimate of drug-likeness (QED) is 0.498. The second-order valence-electron chi connectivity index (χ2n) is 2.05. The Morgan fingerprint density at radius 1 is 1.42 bits per heavy atom. The lowest BCUT2D eigenvalue weighted by molar-refractivity contribution is 0.215. The van der Waals surface area contributed by atoms with Gasteiger partial charge in [0.25, 0.3) is 0 Å². The second kappa shape index (κ2) is 4.33. The number of oxime groups is 1. The molecule has 0 bridgehead atoms. The number of methoxy groups -OCH3 is 1. The normalized spacial score (nSPS) is 10.2. The first-order chi connectivity index (χ1) is 5.86. The molecule has 1 heterocycles. The van der Waals surface area contributed by atoms with Gasteiger partial charge in [-0.2, -0.15) is 0 Å². The number of pyridine rings is 1. The third kappa shape index (κ3) is 2.23. The molecular formula is C8H10N2O2. The van der Waals surface area contributed by atoms with E-state index in [-0.39, 0.29) is 0 Å². The van der Waals surface area contributed by atoms with Crippen LogP contribution in [0.5, 0.6) is 5.88 Å². The van der Waals surface area contributed by atoms with Crippen LogP contribution in [-0.4, -0.2) is 25.4 Å². The molecule has 1 rings (SSSR count). The van der Waals surface area contributed by atoms with Crippen LogP contribution in [0.3, 0.4) is 0 Å². The molecular weight excluding hydrogens is 156 g/mol. The summed E-state index contributed by atoms with van der Waals surface area (Å²) in [6.07, 6.45) is 3.23. The van der Waals surface area contributed by atoms with Crippen molar-refractivity contribution >= 4 is 6.21 Å². The van der Waals surface area contributed by atoms with E-state index in [0.717, 1.165) is 5.56 Å². The highest BCUT2D eigenvalue weighted by atomic mass is 16.6. The molecule has 0 unspecified atom stereocenters. The fourth-order valence-corrected chi connectivity index (χ4v) is 0.702. The minimum atomic E-state index is 0.588. The standard InChI is InChI=1S/C8H10N2O2/c1-11-8-4-3-7(5-9-8)6-10-12-2/h3-6H,1-2H3/b10-6+. The van der Waals surface area contributed by atoms with Gasteiger partial charge in [-0.1, -0.05) is 5.16 Å². The zero-order valence-electron chi connectivity index (χ0n) is 7.02. The Kier molecular flexibility index (Phi) is 3.07. The predicted octanol–water partition coefficient (Wildman–Crippen LogP) is 1.07. The fourth-order valence-electron chi connectivity index (χ4n) is 0.702. The Balaban J connectivity index is 2.71. The lowest BCUT2D eigenvalue weighted by Gasteiger charge is -1.96. The van der Waals surface area contributed by atoms with Crippen molar-refractivity contribution in [1.29, 1.82) is 0 Å². The van der Waals surface area contributed by atoms with Crippen LogP contribution in [0.1, 0.15) is 5.56 Å². The summed E-state index contributed by atoms with van der Waals surface area (Å²) in [6.45, 7) is 0. The molecule has 0 aliphatic rings. The van der Waals surface area contributed by atoms with Crippen LogP contribution in [0.15, 0.2) is 23.5 Å². The highest BCUT2D eigenvalue weighted by Crippen LogP contribution is 2.04. The van der Waals surface area contributed by atoms with Crippen molar-refractivity contribution in [2.75, 3.05) is 14.2 Å². The van der Waals surface area contributed by atoms with Crippen LogP contribution in [0.4, 0.5) is 0 Å². The van der Waals surface area contributed by atoms with Gasteiger partial charge < -0.3 is 9.57 Å². The molecule has 0 saturated heterocycles. The monoisotopic (exact) mass is 166 g/mol. The summed E-state index contributed by atoms with van der Waals surface area (Å²) in [7, 11) is 3.07. The number of nitrogens with zero attached hydrogens (tertiary/aromatic N) is 2. The predicted molar refractivity (Wildman–Crippen MR) is 45.4 cm³/mol. The largest absolute Gasteiger partial charge is 0.481 e. The molecule has 0 radical (unpaired) electrons. The highest BCUT2D eigenvalue weighted by molar-refractivity contribution is 5.78. The maximum absolute atomic E-state index is 4.89. The molecule has 1 aromatic heterocycles. The topological polar surface area (TPSA) is 43.7 Å². The molecule has 0 N–H and O–H groups in total. The van der Waals surface area contributed by atoms with E-state index >= 15 is 0 Å². The van der Waals surface area contributed by atoms with E-state index in [0.29, 0.717) is 5.88 Å². The Labute approximate surface area is 70.8 Å². The van der Waals surface area contributed by atoms with Crippen LogP contribution < -0.4 is 4.74 Å². The van der Waals surface area contributed by atoms with Crippen LogP contribution in [-0.2, 0) is 4.84 Å². The van der Waals surface area contributed by atoms with Crippen molar-refractivity contribution in [2.45, 2.75) is 0 Å². The van der Waals surface area contributed by atoms with Crippen molar-refractivity contribution in [3.05, 3.63) is 23.9 Å². The van der Waals surface area contributed by atoms with E-state index in [1.807, 2.05) is 6.07 Å². The summed E-state index contributed by atoms with van der Waals surface area (Å²) < 4.78 is 4.89. The summed E-state index contributed by atoms with van der Waals surface area (Å²) in [5.41, 5.74) is 0.873. The minimum Gasteiger partial charge on any atom is -0.481 e. The number of hydrogen-bond donors (Lipinski definition) is 0. The maximum Gasteiger partial charge on any atom is 0.212 e. The van der Waals surface area contributed by atoms with Crippen molar-refractivity contribution in [3.8, 4) is 5.88 Å². The molecule has 0 spiro atoms. The molecule has 0 aromatic carbocycles. The van der Waals surface area contributed by atoms with Crippen LogP contribution in [0.2, 0.25) is 0 Å². The average molecular weight is 166 g/mol. The van der Waals surface area contributed by atoms with Gasteiger partial charge in [0.05, 0.1) is 13.3 Å². The van der Waals surface area contributed by atoms with E-state index < -0.39 is 0 Å². The summed E-state index contributed by atoms with van der Waals surface area (Å²) in [5.74, 6) is 0.588. The third-order valence-electron chi connectivity index (χ3n) is 1.28. The first-order valence-electron chi connectivity index (χ1n) is 3.43. The van der Waals surface area contributed by atoms with Crippen molar-refractivity contribution in [2.24, 2.45) is 5.16 Å². The van der Waals surface area contributed by atoms with Crippen molar-refractivity contribution in [3.63, 3.8) is 0 Å². The Morgan fingerprint density at radius 3 is 2.75 bits per heavy atom. The second-order valence-corrected chi connectivity index (χ2v) is 2.05. The SMILES string of the molecule is CO/N=C/c1ccc(OC)nc1. The molecule has 64 valence electrons. The summed E-state index contributed by atoms with van der Waals surface area (Å²) >= 11 is 0. The lowest BCUT2D eigenvalue weighted by atomic mass is 10.3. The summed E-state index contributed by atoms with van der Waals surface area (Å²) in [6, 6.07) is 3.60.